The van der Waals surface area contributed by atoms with E-state index >= 15 is 0 Å². The summed E-state index contributed by atoms with van der Waals surface area (Å²) in [5.74, 6) is -0.889. The van der Waals surface area contributed by atoms with Crippen molar-refractivity contribution in [2.24, 2.45) is 5.92 Å². The highest BCUT2D eigenvalue weighted by Crippen LogP contribution is 2.28. The van der Waals surface area contributed by atoms with Gasteiger partial charge in [-0.15, -0.1) is 0 Å². The van der Waals surface area contributed by atoms with E-state index < -0.39 is 11.8 Å². The van der Waals surface area contributed by atoms with E-state index in [1.807, 2.05) is 0 Å². The minimum absolute atomic E-state index is 0.145. The van der Waals surface area contributed by atoms with E-state index in [1.165, 1.54) is 25.0 Å². The average molecular weight is 264 g/mol. The first kappa shape index (κ1) is 13.6. The summed E-state index contributed by atoms with van der Waals surface area (Å²) in [5, 5.41) is 8.62. The standard InChI is InChI=1S/C15H17FO3/c16-13-7-3-6-12(8-9-14(17)18)15(13)19-10-11-4-1-2-5-11/h3,6-9,11H,1-2,4-5,10H2,(H,17,18)/b9-8+. The van der Waals surface area contributed by atoms with Crippen molar-refractivity contribution >= 4 is 12.0 Å². The molecular formula is C15H17FO3. The Balaban J connectivity index is 2.10. The molecule has 1 fully saturated rings. The summed E-state index contributed by atoms with van der Waals surface area (Å²) in [6.45, 7) is 0.495. The molecule has 0 saturated heterocycles. The molecule has 0 radical (unpaired) electrons. The van der Waals surface area contributed by atoms with Gasteiger partial charge in [0.1, 0.15) is 0 Å². The third-order valence-corrected chi connectivity index (χ3v) is 3.34. The number of ether oxygens (including phenoxy) is 1. The van der Waals surface area contributed by atoms with Gasteiger partial charge in [-0.25, -0.2) is 9.18 Å². The number of rotatable bonds is 5. The maximum atomic E-state index is 13.7. The molecule has 1 aliphatic carbocycles. The lowest BCUT2D eigenvalue weighted by atomic mass is 10.1. The zero-order chi connectivity index (χ0) is 13.7. The fourth-order valence-corrected chi connectivity index (χ4v) is 2.35. The van der Waals surface area contributed by atoms with Gasteiger partial charge < -0.3 is 9.84 Å². The monoisotopic (exact) mass is 264 g/mol. The van der Waals surface area contributed by atoms with Crippen LogP contribution in [0.4, 0.5) is 4.39 Å². The Bertz CT molecular complexity index is 476. The van der Waals surface area contributed by atoms with E-state index in [0.29, 0.717) is 18.1 Å². The summed E-state index contributed by atoms with van der Waals surface area (Å²) >= 11 is 0. The zero-order valence-corrected chi connectivity index (χ0v) is 10.6. The molecule has 0 bridgehead atoms. The minimum Gasteiger partial charge on any atom is -0.490 e. The number of para-hydroxylation sites is 1. The Morgan fingerprint density at radius 2 is 2.16 bits per heavy atom. The second-order valence-electron chi connectivity index (χ2n) is 4.79. The van der Waals surface area contributed by atoms with E-state index in [9.17, 15) is 9.18 Å². The van der Waals surface area contributed by atoms with Crippen LogP contribution in [-0.4, -0.2) is 17.7 Å². The summed E-state index contributed by atoms with van der Waals surface area (Å²) < 4.78 is 19.3. The van der Waals surface area contributed by atoms with Gasteiger partial charge in [0.25, 0.3) is 0 Å². The van der Waals surface area contributed by atoms with E-state index in [2.05, 4.69) is 0 Å². The molecule has 19 heavy (non-hydrogen) atoms. The molecule has 2 rings (SSSR count). The van der Waals surface area contributed by atoms with Crippen LogP contribution < -0.4 is 4.74 Å². The lowest BCUT2D eigenvalue weighted by Gasteiger charge is -2.13. The van der Waals surface area contributed by atoms with Gasteiger partial charge in [0.15, 0.2) is 11.6 Å². The van der Waals surface area contributed by atoms with E-state index in [-0.39, 0.29) is 5.75 Å². The van der Waals surface area contributed by atoms with Crippen molar-refractivity contribution in [2.45, 2.75) is 25.7 Å². The Morgan fingerprint density at radius 1 is 1.42 bits per heavy atom. The smallest absolute Gasteiger partial charge is 0.328 e. The highest BCUT2D eigenvalue weighted by molar-refractivity contribution is 5.85. The predicted molar refractivity (Wildman–Crippen MR) is 70.5 cm³/mol. The van der Waals surface area contributed by atoms with Crippen LogP contribution in [0, 0.1) is 11.7 Å². The van der Waals surface area contributed by atoms with E-state index in [4.69, 9.17) is 9.84 Å². The molecule has 0 spiro atoms. The molecule has 1 saturated carbocycles. The van der Waals surface area contributed by atoms with Gasteiger partial charge >= 0.3 is 5.97 Å². The number of hydrogen-bond acceptors (Lipinski definition) is 2. The first-order chi connectivity index (χ1) is 9.16. The lowest BCUT2D eigenvalue weighted by Crippen LogP contribution is -2.09. The molecular weight excluding hydrogens is 247 g/mol. The molecule has 3 nitrogen and oxygen atoms in total. The van der Waals surface area contributed by atoms with Gasteiger partial charge in [-0.05, 0) is 30.9 Å². The Labute approximate surface area is 111 Å². The number of carboxylic acids is 1. The van der Waals surface area contributed by atoms with Crippen LogP contribution in [0.25, 0.3) is 6.08 Å². The van der Waals surface area contributed by atoms with Crippen LogP contribution in [0.3, 0.4) is 0 Å². The summed E-state index contributed by atoms with van der Waals surface area (Å²) in [6, 6.07) is 4.51. The largest absolute Gasteiger partial charge is 0.490 e. The maximum absolute atomic E-state index is 13.7. The second kappa shape index (κ2) is 6.36. The van der Waals surface area contributed by atoms with Crippen LogP contribution >= 0.6 is 0 Å². The molecule has 0 unspecified atom stereocenters. The van der Waals surface area contributed by atoms with Gasteiger partial charge in [-0.2, -0.15) is 0 Å². The van der Waals surface area contributed by atoms with Crippen molar-refractivity contribution in [3.63, 3.8) is 0 Å². The van der Waals surface area contributed by atoms with Crippen molar-refractivity contribution in [1.82, 2.24) is 0 Å². The Kier molecular flexibility index (Phi) is 4.55. The van der Waals surface area contributed by atoms with Crippen molar-refractivity contribution in [3.8, 4) is 5.75 Å². The summed E-state index contributed by atoms with van der Waals surface area (Å²) in [7, 11) is 0. The summed E-state index contributed by atoms with van der Waals surface area (Å²) in [5.41, 5.74) is 0.459. The molecule has 0 heterocycles. The van der Waals surface area contributed by atoms with Gasteiger partial charge in [0, 0.05) is 11.6 Å². The van der Waals surface area contributed by atoms with Gasteiger partial charge in [0.2, 0.25) is 0 Å². The van der Waals surface area contributed by atoms with Gasteiger partial charge in [-0.1, -0.05) is 25.0 Å². The number of halogens is 1. The molecule has 1 aromatic rings. The molecule has 0 aromatic heterocycles. The zero-order valence-electron chi connectivity index (χ0n) is 10.6. The fraction of sp³-hybridized carbons (Fsp3) is 0.400. The maximum Gasteiger partial charge on any atom is 0.328 e. The topological polar surface area (TPSA) is 46.5 Å². The number of carbonyl (C=O) groups is 1. The fourth-order valence-electron chi connectivity index (χ4n) is 2.35. The lowest BCUT2D eigenvalue weighted by molar-refractivity contribution is -0.131. The molecule has 1 N–H and O–H groups in total. The Hall–Kier alpha value is -1.84. The highest BCUT2D eigenvalue weighted by atomic mass is 19.1. The van der Waals surface area contributed by atoms with Crippen molar-refractivity contribution < 1.29 is 19.0 Å². The minimum atomic E-state index is -1.06. The van der Waals surface area contributed by atoms with Crippen LogP contribution in [-0.2, 0) is 4.79 Å². The van der Waals surface area contributed by atoms with E-state index in [0.717, 1.165) is 18.9 Å². The van der Waals surface area contributed by atoms with Crippen LogP contribution in [0.1, 0.15) is 31.2 Å². The first-order valence-electron chi connectivity index (χ1n) is 6.49. The van der Waals surface area contributed by atoms with Crippen LogP contribution in [0.2, 0.25) is 0 Å². The van der Waals surface area contributed by atoms with Gasteiger partial charge in [-0.3, -0.25) is 0 Å². The molecule has 102 valence electrons. The molecule has 0 atom stereocenters. The number of carboxylic acid groups (broad SMARTS) is 1. The number of hydrogen-bond donors (Lipinski definition) is 1. The quantitative estimate of drug-likeness (QED) is 0.828. The summed E-state index contributed by atoms with van der Waals surface area (Å²) in [6.07, 6.45) is 6.99. The average Bonchev–Trinajstić information content (AvgIpc) is 2.88. The molecule has 4 heteroatoms. The third kappa shape index (κ3) is 3.81. The molecule has 0 amide bonds. The Morgan fingerprint density at radius 3 is 2.84 bits per heavy atom. The van der Waals surface area contributed by atoms with Gasteiger partial charge in [0.05, 0.1) is 6.61 Å². The normalized spacial score (nSPS) is 16.1. The van der Waals surface area contributed by atoms with E-state index in [1.54, 1.807) is 12.1 Å². The predicted octanol–water partition coefficient (Wildman–Crippen LogP) is 3.49. The number of aliphatic carboxylic acids is 1. The summed E-state index contributed by atoms with van der Waals surface area (Å²) in [4.78, 5) is 10.5. The van der Waals surface area contributed by atoms with Crippen molar-refractivity contribution in [2.75, 3.05) is 6.61 Å². The SMILES string of the molecule is O=C(O)/C=C/c1cccc(F)c1OCC1CCCC1. The van der Waals surface area contributed by atoms with Crippen LogP contribution in [0.15, 0.2) is 24.3 Å². The number of benzene rings is 1. The van der Waals surface area contributed by atoms with Crippen LogP contribution in [0.5, 0.6) is 5.75 Å². The third-order valence-electron chi connectivity index (χ3n) is 3.34. The van der Waals surface area contributed by atoms with Crippen molar-refractivity contribution in [3.05, 3.63) is 35.7 Å². The molecule has 0 aliphatic heterocycles. The molecule has 1 aliphatic rings. The van der Waals surface area contributed by atoms with Crippen molar-refractivity contribution in [1.29, 1.82) is 0 Å². The highest BCUT2D eigenvalue weighted by Gasteiger charge is 2.17. The second-order valence-corrected chi connectivity index (χ2v) is 4.79. The first-order valence-corrected chi connectivity index (χ1v) is 6.49. The molecule has 1 aromatic carbocycles.